The standard InChI is InChI=1S/C5H8F2O4/c1-10-2-3-11-5(6,7)4(8)9/h2-3H2,1H3,(H,8,9). The van der Waals surface area contributed by atoms with Gasteiger partial charge in [0.05, 0.1) is 13.2 Å². The molecule has 0 saturated heterocycles. The zero-order chi connectivity index (χ0) is 8.91. The first kappa shape index (κ1) is 10.2. The van der Waals surface area contributed by atoms with Crippen molar-refractivity contribution in [2.75, 3.05) is 20.3 Å². The van der Waals surface area contributed by atoms with Gasteiger partial charge in [-0.05, 0) is 0 Å². The molecule has 0 radical (unpaired) electrons. The van der Waals surface area contributed by atoms with E-state index in [2.05, 4.69) is 9.47 Å². The van der Waals surface area contributed by atoms with Crippen LogP contribution in [0.3, 0.4) is 0 Å². The second kappa shape index (κ2) is 4.20. The lowest BCUT2D eigenvalue weighted by molar-refractivity contribution is -0.248. The van der Waals surface area contributed by atoms with Crippen LogP contribution in [0.4, 0.5) is 8.78 Å². The van der Waals surface area contributed by atoms with Crippen molar-refractivity contribution in [2.45, 2.75) is 6.11 Å². The summed E-state index contributed by atoms with van der Waals surface area (Å²) in [6, 6.07) is 0. The molecule has 0 fully saturated rings. The van der Waals surface area contributed by atoms with Crippen molar-refractivity contribution >= 4 is 5.97 Å². The lowest BCUT2D eigenvalue weighted by atomic mass is 10.6. The molecular formula is C5H8F2O4. The van der Waals surface area contributed by atoms with Gasteiger partial charge in [0.1, 0.15) is 0 Å². The summed E-state index contributed by atoms with van der Waals surface area (Å²) in [5.41, 5.74) is 0. The molecule has 0 unspecified atom stereocenters. The molecule has 0 rings (SSSR count). The number of carbonyl (C=O) groups is 1. The van der Waals surface area contributed by atoms with Crippen LogP contribution in [-0.2, 0) is 14.3 Å². The van der Waals surface area contributed by atoms with Gasteiger partial charge in [0.2, 0.25) is 0 Å². The van der Waals surface area contributed by atoms with E-state index >= 15 is 0 Å². The van der Waals surface area contributed by atoms with Gasteiger partial charge in [-0.25, -0.2) is 4.79 Å². The van der Waals surface area contributed by atoms with Gasteiger partial charge in [-0.3, -0.25) is 0 Å². The number of ether oxygens (including phenoxy) is 2. The molecule has 0 spiro atoms. The highest BCUT2D eigenvalue weighted by molar-refractivity contribution is 5.73. The summed E-state index contributed by atoms with van der Waals surface area (Å²) in [4.78, 5) is 9.70. The van der Waals surface area contributed by atoms with Crippen LogP contribution >= 0.6 is 0 Å². The Hall–Kier alpha value is -0.750. The molecule has 0 aliphatic carbocycles. The van der Waals surface area contributed by atoms with Crippen molar-refractivity contribution in [2.24, 2.45) is 0 Å². The monoisotopic (exact) mass is 170 g/mol. The van der Waals surface area contributed by atoms with E-state index in [9.17, 15) is 13.6 Å². The van der Waals surface area contributed by atoms with Crippen molar-refractivity contribution in [3.05, 3.63) is 0 Å². The first-order valence-corrected chi connectivity index (χ1v) is 2.75. The van der Waals surface area contributed by atoms with E-state index in [0.29, 0.717) is 0 Å². The van der Waals surface area contributed by atoms with Gasteiger partial charge in [0.15, 0.2) is 0 Å². The van der Waals surface area contributed by atoms with Gasteiger partial charge >= 0.3 is 12.1 Å². The number of methoxy groups -OCH3 is 1. The Labute approximate surface area is 61.7 Å². The normalized spacial score (nSPS) is 11.5. The molecule has 0 aliphatic heterocycles. The van der Waals surface area contributed by atoms with Crippen LogP contribution in [0.2, 0.25) is 0 Å². The Balaban J connectivity index is 3.64. The second-order valence-corrected chi connectivity index (χ2v) is 1.66. The van der Waals surface area contributed by atoms with Crippen LogP contribution in [-0.4, -0.2) is 37.5 Å². The van der Waals surface area contributed by atoms with Gasteiger partial charge < -0.3 is 14.6 Å². The summed E-state index contributed by atoms with van der Waals surface area (Å²) in [5.74, 6) is -2.30. The van der Waals surface area contributed by atoms with Crippen molar-refractivity contribution < 1.29 is 28.2 Å². The Morgan fingerprint density at radius 3 is 2.45 bits per heavy atom. The molecule has 0 aromatic heterocycles. The lowest BCUT2D eigenvalue weighted by Gasteiger charge is -2.10. The van der Waals surface area contributed by atoms with Crippen molar-refractivity contribution in [3.8, 4) is 0 Å². The minimum absolute atomic E-state index is 0.0666. The maximum absolute atomic E-state index is 12.0. The summed E-state index contributed by atoms with van der Waals surface area (Å²) >= 11 is 0. The van der Waals surface area contributed by atoms with E-state index in [1.807, 2.05) is 0 Å². The minimum Gasteiger partial charge on any atom is -0.475 e. The van der Waals surface area contributed by atoms with Crippen LogP contribution in [0.15, 0.2) is 0 Å². The molecule has 0 saturated carbocycles. The number of aliphatic carboxylic acids is 1. The number of alkyl halides is 2. The summed E-state index contributed by atoms with van der Waals surface area (Å²) in [7, 11) is 1.29. The molecule has 66 valence electrons. The topological polar surface area (TPSA) is 55.8 Å². The molecule has 0 atom stereocenters. The van der Waals surface area contributed by atoms with E-state index in [0.717, 1.165) is 0 Å². The van der Waals surface area contributed by atoms with E-state index in [1.54, 1.807) is 0 Å². The van der Waals surface area contributed by atoms with Crippen LogP contribution in [0.5, 0.6) is 0 Å². The maximum Gasteiger partial charge on any atom is 0.456 e. The first-order chi connectivity index (χ1) is 5.00. The largest absolute Gasteiger partial charge is 0.475 e. The Morgan fingerprint density at radius 1 is 1.55 bits per heavy atom. The Bertz CT molecular complexity index is 136. The number of carboxylic acids is 1. The summed E-state index contributed by atoms with van der Waals surface area (Å²) in [6.07, 6.45) is -4.11. The van der Waals surface area contributed by atoms with E-state index in [1.165, 1.54) is 7.11 Å². The second-order valence-electron chi connectivity index (χ2n) is 1.66. The highest BCUT2D eigenvalue weighted by atomic mass is 19.3. The number of hydrogen-bond donors (Lipinski definition) is 1. The Kier molecular flexibility index (Phi) is 3.91. The molecule has 0 bridgehead atoms. The molecule has 0 heterocycles. The lowest BCUT2D eigenvalue weighted by Crippen LogP contribution is -2.32. The summed E-state index contributed by atoms with van der Waals surface area (Å²) < 4.78 is 32.0. The van der Waals surface area contributed by atoms with E-state index in [4.69, 9.17) is 5.11 Å². The minimum atomic E-state index is -4.11. The number of rotatable bonds is 5. The van der Waals surface area contributed by atoms with Gasteiger partial charge in [0.25, 0.3) is 0 Å². The third-order valence-corrected chi connectivity index (χ3v) is 0.820. The zero-order valence-electron chi connectivity index (χ0n) is 5.84. The number of halogens is 2. The van der Waals surface area contributed by atoms with E-state index < -0.39 is 18.7 Å². The molecule has 0 amide bonds. The van der Waals surface area contributed by atoms with Crippen LogP contribution < -0.4 is 0 Å². The van der Waals surface area contributed by atoms with Gasteiger partial charge in [0, 0.05) is 7.11 Å². The fourth-order valence-electron chi connectivity index (χ4n) is 0.315. The third kappa shape index (κ3) is 3.84. The zero-order valence-corrected chi connectivity index (χ0v) is 5.84. The van der Waals surface area contributed by atoms with Gasteiger partial charge in [-0.1, -0.05) is 0 Å². The highest BCUT2D eigenvalue weighted by Gasteiger charge is 2.40. The molecule has 4 nitrogen and oxygen atoms in total. The first-order valence-electron chi connectivity index (χ1n) is 2.75. The van der Waals surface area contributed by atoms with Crippen molar-refractivity contribution in [1.82, 2.24) is 0 Å². The molecule has 1 N–H and O–H groups in total. The van der Waals surface area contributed by atoms with Gasteiger partial charge in [-0.2, -0.15) is 8.78 Å². The predicted octanol–water partition coefficient (Wildman–Crippen LogP) is 0.327. The molecule has 0 aliphatic rings. The molecule has 11 heavy (non-hydrogen) atoms. The fourth-order valence-corrected chi connectivity index (χ4v) is 0.315. The predicted molar refractivity (Wildman–Crippen MR) is 30.4 cm³/mol. The summed E-state index contributed by atoms with van der Waals surface area (Å²) in [5, 5.41) is 7.82. The van der Waals surface area contributed by atoms with E-state index in [-0.39, 0.29) is 6.61 Å². The third-order valence-electron chi connectivity index (χ3n) is 0.820. The SMILES string of the molecule is COCCOC(F)(F)C(=O)O. The molecule has 6 heteroatoms. The molecule has 0 aromatic carbocycles. The average molecular weight is 170 g/mol. The molecule has 0 aromatic rings. The maximum atomic E-state index is 12.0. The van der Waals surface area contributed by atoms with Crippen molar-refractivity contribution in [3.63, 3.8) is 0 Å². The average Bonchev–Trinajstić information content (AvgIpc) is 1.88. The van der Waals surface area contributed by atoms with Crippen LogP contribution in [0.25, 0.3) is 0 Å². The number of hydrogen-bond acceptors (Lipinski definition) is 3. The highest BCUT2D eigenvalue weighted by Crippen LogP contribution is 2.14. The summed E-state index contributed by atoms with van der Waals surface area (Å²) in [6.45, 7) is -0.515. The Morgan fingerprint density at radius 2 is 2.09 bits per heavy atom. The van der Waals surface area contributed by atoms with Gasteiger partial charge in [-0.15, -0.1) is 0 Å². The van der Waals surface area contributed by atoms with Crippen LogP contribution in [0, 0.1) is 0 Å². The van der Waals surface area contributed by atoms with Crippen LogP contribution in [0.1, 0.15) is 0 Å². The fraction of sp³-hybridized carbons (Fsp3) is 0.800. The quantitative estimate of drug-likeness (QED) is 0.604. The smallest absolute Gasteiger partial charge is 0.456 e. The van der Waals surface area contributed by atoms with Crippen molar-refractivity contribution in [1.29, 1.82) is 0 Å². The number of carboxylic acid groups (broad SMARTS) is 1. The molecular weight excluding hydrogens is 162 g/mol.